The van der Waals surface area contributed by atoms with Crippen molar-refractivity contribution in [3.8, 4) is 23.0 Å². The van der Waals surface area contributed by atoms with E-state index >= 15 is 0 Å². The molecule has 10 heteroatoms. The molecule has 0 bridgehead atoms. The number of ether oxygens (including phenoxy) is 4. The molecule has 3 aromatic rings. The molecule has 0 saturated carbocycles. The van der Waals surface area contributed by atoms with Crippen molar-refractivity contribution in [1.82, 2.24) is 0 Å². The van der Waals surface area contributed by atoms with Crippen LogP contribution >= 0.6 is 0 Å². The highest BCUT2D eigenvalue weighted by Crippen LogP contribution is 2.39. The molecule has 0 fully saturated rings. The van der Waals surface area contributed by atoms with Gasteiger partial charge in [0.25, 0.3) is 5.69 Å². The van der Waals surface area contributed by atoms with E-state index in [1.54, 1.807) is 30.4 Å². The summed E-state index contributed by atoms with van der Waals surface area (Å²) in [6.07, 6.45) is 5.86. The Kier molecular flexibility index (Phi) is 8.82. The first-order chi connectivity index (χ1) is 17.8. The number of hydrogen-bond donors (Lipinski definition) is 1. The Morgan fingerprint density at radius 3 is 2.16 bits per heavy atom. The van der Waals surface area contributed by atoms with Gasteiger partial charge in [0.15, 0.2) is 28.8 Å². The number of hydrogen-bond acceptors (Lipinski definition) is 8. The van der Waals surface area contributed by atoms with Crippen molar-refractivity contribution in [2.45, 2.75) is 0 Å². The molecule has 0 aliphatic heterocycles. The molecule has 0 aromatic heterocycles. The number of carbonyl (C=O) groups is 1. The Balaban J connectivity index is 1.92. The lowest BCUT2D eigenvalue weighted by molar-refractivity contribution is -0.385. The van der Waals surface area contributed by atoms with Crippen molar-refractivity contribution in [3.05, 3.63) is 93.4 Å². The first-order valence-electron chi connectivity index (χ1n) is 10.9. The van der Waals surface area contributed by atoms with Crippen molar-refractivity contribution in [1.29, 1.82) is 0 Å². The van der Waals surface area contributed by atoms with E-state index in [0.29, 0.717) is 34.1 Å². The van der Waals surface area contributed by atoms with E-state index in [0.717, 1.165) is 6.08 Å². The van der Waals surface area contributed by atoms with Crippen LogP contribution in [0.25, 0.3) is 12.2 Å². The Bertz CT molecular complexity index is 1340. The third-order valence-electron chi connectivity index (χ3n) is 5.31. The molecular weight excluding hydrogens is 483 g/mol. The summed E-state index contributed by atoms with van der Waals surface area (Å²) >= 11 is 0. The minimum Gasteiger partial charge on any atom is -0.494 e. The lowest BCUT2D eigenvalue weighted by atomic mass is 10.1. The molecule has 0 aliphatic carbocycles. The molecule has 0 radical (unpaired) electrons. The minimum absolute atomic E-state index is 0.00846. The Labute approximate surface area is 212 Å². The summed E-state index contributed by atoms with van der Waals surface area (Å²) in [5.41, 5.74) is 1.21. The van der Waals surface area contributed by atoms with Crippen LogP contribution in [0.15, 0.2) is 60.8 Å². The van der Waals surface area contributed by atoms with Gasteiger partial charge in [-0.2, -0.15) is 0 Å². The van der Waals surface area contributed by atoms with Crippen LogP contribution in [0.4, 0.5) is 15.8 Å². The van der Waals surface area contributed by atoms with E-state index in [-0.39, 0.29) is 17.0 Å². The van der Waals surface area contributed by atoms with E-state index in [2.05, 4.69) is 5.32 Å². The predicted molar refractivity (Wildman–Crippen MR) is 138 cm³/mol. The van der Waals surface area contributed by atoms with Gasteiger partial charge in [-0.25, -0.2) is 4.39 Å². The van der Waals surface area contributed by atoms with E-state index in [9.17, 15) is 19.3 Å². The van der Waals surface area contributed by atoms with Crippen molar-refractivity contribution in [2.24, 2.45) is 0 Å². The van der Waals surface area contributed by atoms with Crippen LogP contribution in [0.2, 0.25) is 0 Å². The van der Waals surface area contributed by atoms with Crippen LogP contribution < -0.4 is 24.3 Å². The summed E-state index contributed by atoms with van der Waals surface area (Å²) in [7, 11) is 5.84. The molecule has 0 unspecified atom stereocenters. The standard InChI is InChI=1S/C27H25FN2O7/c1-34-24-16-21(29-12-11-23(31)19-7-5-6-8-22(19)30(32)33)18(15-20(24)28)10-9-17-13-25(35-2)27(37-4)26(14-17)36-3/h5-16,29H,1-4H3. The lowest BCUT2D eigenvalue weighted by Gasteiger charge is -2.13. The Morgan fingerprint density at radius 1 is 0.919 bits per heavy atom. The smallest absolute Gasteiger partial charge is 0.280 e. The van der Waals surface area contributed by atoms with Crippen LogP contribution in [0.1, 0.15) is 21.5 Å². The normalized spacial score (nSPS) is 10.9. The summed E-state index contributed by atoms with van der Waals surface area (Å²) in [5.74, 6) is 0.190. The van der Waals surface area contributed by atoms with Gasteiger partial charge in [0, 0.05) is 35.7 Å². The average Bonchev–Trinajstić information content (AvgIpc) is 2.91. The number of ketones is 1. The second-order valence-electron chi connectivity index (χ2n) is 7.48. The molecule has 0 spiro atoms. The number of allylic oxidation sites excluding steroid dienone is 1. The monoisotopic (exact) mass is 508 g/mol. The van der Waals surface area contributed by atoms with Crippen LogP contribution in [0.3, 0.4) is 0 Å². The molecule has 192 valence electrons. The molecule has 1 N–H and O–H groups in total. The number of benzene rings is 3. The fourth-order valence-corrected chi connectivity index (χ4v) is 3.51. The zero-order valence-corrected chi connectivity index (χ0v) is 20.6. The van der Waals surface area contributed by atoms with Crippen LogP contribution in [0, 0.1) is 15.9 Å². The molecule has 9 nitrogen and oxygen atoms in total. The molecule has 37 heavy (non-hydrogen) atoms. The van der Waals surface area contributed by atoms with Crippen molar-refractivity contribution < 1.29 is 33.1 Å². The quantitative estimate of drug-likeness (QED) is 0.115. The number of rotatable bonds is 11. The summed E-state index contributed by atoms with van der Waals surface area (Å²) in [5, 5.41) is 14.1. The second-order valence-corrected chi connectivity index (χ2v) is 7.48. The highest BCUT2D eigenvalue weighted by Gasteiger charge is 2.17. The largest absolute Gasteiger partial charge is 0.494 e. The summed E-state index contributed by atoms with van der Waals surface area (Å²) in [6.45, 7) is 0. The van der Waals surface area contributed by atoms with Crippen LogP contribution in [0.5, 0.6) is 23.0 Å². The van der Waals surface area contributed by atoms with Crippen molar-refractivity contribution in [2.75, 3.05) is 33.8 Å². The second kappa shape index (κ2) is 12.2. The highest BCUT2D eigenvalue weighted by atomic mass is 19.1. The minimum atomic E-state index is -0.620. The molecule has 3 aromatic carbocycles. The number of methoxy groups -OCH3 is 4. The van der Waals surface area contributed by atoms with Gasteiger partial charge in [-0.1, -0.05) is 24.3 Å². The van der Waals surface area contributed by atoms with E-state index in [1.807, 2.05) is 0 Å². The Morgan fingerprint density at radius 2 is 1.57 bits per heavy atom. The lowest BCUT2D eigenvalue weighted by Crippen LogP contribution is -2.02. The van der Waals surface area contributed by atoms with E-state index < -0.39 is 16.5 Å². The van der Waals surface area contributed by atoms with Gasteiger partial charge in [-0.3, -0.25) is 14.9 Å². The van der Waals surface area contributed by atoms with Gasteiger partial charge in [0.05, 0.1) is 38.9 Å². The van der Waals surface area contributed by atoms with Gasteiger partial charge in [-0.15, -0.1) is 0 Å². The number of nitro benzene ring substituents is 1. The number of anilines is 1. The molecule has 0 saturated heterocycles. The Hall–Kier alpha value is -4.86. The predicted octanol–water partition coefficient (Wildman–Crippen LogP) is 5.75. The zero-order chi connectivity index (χ0) is 26.9. The highest BCUT2D eigenvalue weighted by molar-refractivity contribution is 6.07. The van der Waals surface area contributed by atoms with Gasteiger partial charge in [0.1, 0.15) is 0 Å². The van der Waals surface area contributed by atoms with E-state index in [1.165, 1.54) is 65.0 Å². The maximum Gasteiger partial charge on any atom is 0.280 e. The maximum absolute atomic E-state index is 14.5. The molecule has 0 aliphatic rings. The summed E-state index contributed by atoms with van der Waals surface area (Å²) in [4.78, 5) is 23.1. The fraction of sp³-hybridized carbons (Fsp3) is 0.148. The van der Waals surface area contributed by atoms with Crippen LogP contribution in [-0.4, -0.2) is 39.1 Å². The number of nitrogens with one attached hydrogen (secondary N) is 1. The number of nitro groups is 1. The summed E-state index contributed by atoms with van der Waals surface area (Å²) in [6, 6.07) is 11.8. The number of halogens is 1. The van der Waals surface area contributed by atoms with Crippen molar-refractivity contribution >= 4 is 29.3 Å². The molecule has 0 heterocycles. The fourth-order valence-electron chi connectivity index (χ4n) is 3.51. The molecular formula is C27H25FN2O7. The third-order valence-corrected chi connectivity index (χ3v) is 5.31. The average molecular weight is 509 g/mol. The first kappa shape index (κ1) is 26.7. The number of carbonyl (C=O) groups excluding carboxylic acids is 1. The molecule has 0 atom stereocenters. The molecule has 3 rings (SSSR count). The number of nitrogens with zero attached hydrogens (tertiary/aromatic N) is 1. The van der Waals surface area contributed by atoms with Gasteiger partial charge >= 0.3 is 0 Å². The van der Waals surface area contributed by atoms with Crippen molar-refractivity contribution in [3.63, 3.8) is 0 Å². The summed E-state index contributed by atoms with van der Waals surface area (Å²) < 4.78 is 35.7. The zero-order valence-electron chi connectivity index (χ0n) is 20.6. The molecule has 0 amide bonds. The third kappa shape index (κ3) is 6.23. The van der Waals surface area contributed by atoms with Crippen LogP contribution in [-0.2, 0) is 0 Å². The first-order valence-corrected chi connectivity index (χ1v) is 10.9. The maximum atomic E-state index is 14.5. The topological polar surface area (TPSA) is 109 Å². The number of para-hydroxylation sites is 1. The van der Waals surface area contributed by atoms with E-state index in [4.69, 9.17) is 18.9 Å². The van der Waals surface area contributed by atoms with Gasteiger partial charge in [0.2, 0.25) is 5.75 Å². The van der Waals surface area contributed by atoms with Gasteiger partial charge in [-0.05, 0) is 29.8 Å². The SMILES string of the molecule is COc1cc(NC=CC(=O)c2ccccc2[N+](=O)[O-])c(C=Cc2cc(OC)c(OC)c(OC)c2)cc1F. The van der Waals surface area contributed by atoms with Gasteiger partial charge < -0.3 is 24.3 Å².